The Kier molecular flexibility index (Phi) is 7.22. The van der Waals surface area contributed by atoms with E-state index in [0.29, 0.717) is 34.5 Å². The number of thioether (sulfide) groups is 1. The van der Waals surface area contributed by atoms with Crippen molar-refractivity contribution < 1.29 is 27.8 Å². The second-order valence-electron chi connectivity index (χ2n) is 6.08. The van der Waals surface area contributed by atoms with Crippen LogP contribution in [0.1, 0.15) is 5.56 Å². The fourth-order valence-corrected chi connectivity index (χ4v) is 4.19. The van der Waals surface area contributed by atoms with Gasteiger partial charge in [-0.25, -0.2) is 0 Å². The van der Waals surface area contributed by atoms with E-state index in [2.05, 4.69) is 9.64 Å². The maximum Gasteiger partial charge on any atom is 0.387 e. The summed E-state index contributed by atoms with van der Waals surface area (Å²) in [5.74, 6) is -0.0558. The van der Waals surface area contributed by atoms with Crippen LogP contribution in [0.4, 0.5) is 8.78 Å². The Bertz CT molecular complexity index is 770. The van der Waals surface area contributed by atoms with Crippen LogP contribution in [0.15, 0.2) is 23.1 Å². The fourth-order valence-electron chi connectivity index (χ4n) is 2.88. The van der Waals surface area contributed by atoms with Crippen molar-refractivity contribution in [1.29, 1.82) is 0 Å². The molecule has 2 saturated heterocycles. The van der Waals surface area contributed by atoms with Gasteiger partial charge in [-0.2, -0.15) is 8.78 Å². The maximum absolute atomic E-state index is 12.7. The van der Waals surface area contributed by atoms with E-state index < -0.39 is 6.61 Å². The van der Waals surface area contributed by atoms with Crippen LogP contribution >= 0.6 is 24.0 Å². The number of hydrogen-bond donors (Lipinski definition) is 0. The largest absolute Gasteiger partial charge is 0.493 e. The molecule has 2 heterocycles. The van der Waals surface area contributed by atoms with Gasteiger partial charge in [0.25, 0.3) is 5.91 Å². The average Bonchev–Trinajstić information content (AvgIpc) is 2.94. The first-order valence-electron chi connectivity index (χ1n) is 8.66. The molecule has 1 aromatic rings. The van der Waals surface area contributed by atoms with E-state index in [1.165, 1.54) is 31.0 Å². The van der Waals surface area contributed by atoms with E-state index in [1.807, 2.05) is 0 Å². The molecule has 152 valence electrons. The van der Waals surface area contributed by atoms with Crippen LogP contribution < -0.4 is 9.47 Å². The Morgan fingerprint density at radius 3 is 2.71 bits per heavy atom. The van der Waals surface area contributed by atoms with Crippen molar-refractivity contribution >= 4 is 40.3 Å². The van der Waals surface area contributed by atoms with Gasteiger partial charge in [0.15, 0.2) is 11.5 Å². The van der Waals surface area contributed by atoms with Gasteiger partial charge in [-0.15, -0.1) is 0 Å². The van der Waals surface area contributed by atoms with E-state index in [0.717, 1.165) is 19.6 Å². The minimum Gasteiger partial charge on any atom is -0.493 e. The van der Waals surface area contributed by atoms with Crippen LogP contribution in [0, 0.1) is 0 Å². The molecule has 0 radical (unpaired) electrons. The van der Waals surface area contributed by atoms with Gasteiger partial charge in [-0.05, 0) is 23.8 Å². The second kappa shape index (κ2) is 9.64. The van der Waals surface area contributed by atoms with Crippen molar-refractivity contribution in [3.8, 4) is 11.5 Å². The van der Waals surface area contributed by atoms with Gasteiger partial charge in [-0.1, -0.05) is 30.0 Å². The molecule has 0 atom stereocenters. The van der Waals surface area contributed by atoms with E-state index in [1.54, 1.807) is 17.0 Å². The number of amides is 1. The molecular weight excluding hydrogens is 410 g/mol. The van der Waals surface area contributed by atoms with E-state index in [9.17, 15) is 13.6 Å². The minimum atomic E-state index is -2.94. The second-order valence-corrected chi connectivity index (χ2v) is 7.75. The third-order valence-electron chi connectivity index (χ3n) is 4.32. The Morgan fingerprint density at radius 2 is 2.04 bits per heavy atom. The number of thiocarbonyl (C=S) groups is 1. The lowest BCUT2D eigenvalue weighted by Gasteiger charge is -2.28. The Morgan fingerprint density at radius 1 is 1.29 bits per heavy atom. The number of hydrogen-bond acceptors (Lipinski definition) is 7. The molecular formula is C18H20F2N2O4S2. The average molecular weight is 430 g/mol. The number of ether oxygens (including phenoxy) is 3. The maximum atomic E-state index is 12.7. The number of methoxy groups -OCH3 is 1. The third-order valence-corrected chi connectivity index (χ3v) is 5.70. The molecule has 2 fully saturated rings. The molecule has 0 unspecified atom stereocenters. The zero-order valence-electron chi connectivity index (χ0n) is 15.2. The molecule has 6 nitrogen and oxygen atoms in total. The molecule has 1 aromatic carbocycles. The molecule has 2 aliphatic rings. The minimum absolute atomic E-state index is 0.0623. The molecule has 2 aliphatic heterocycles. The topological polar surface area (TPSA) is 51.2 Å². The summed E-state index contributed by atoms with van der Waals surface area (Å²) in [6, 6.07) is 4.51. The summed E-state index contributed by atoms with van der Waals surface area (Å²) in [6.45, 7) is 1.40. The van der Waals surface area contributed by atoms with Crippen LogP contribution in [0.3, 0.4) is 0 Å². The van der Waals surface area contributed by atoms with Crippen molar-refractivity contribution in [1.82, 2.24) is 9.80 Å². The van der Waals surface area contributed by atoms with Crippen LogP contribution in [0.25, 0.3) is 6.08 Å². The Balaban J connectivity index is 1.68. The Labute approximate surface area is 171 Å². The van der Waals surface area contributed by atoms with E-state index >= 15 is 0 Å². The summed E-state index contributed by atoms with van der Waals surface area (Å²) in [5, 5.41) is 0. The number of nitrogens with zero attached hydrogens (tertiary/aromatic N) is 2. The number of halogens is 2. The molecule has 0 saturated carbocycles. The molecule has 0 aromatic heterocycles. The van der Waals surface area contributed by atoms with Gasteiger partial charge < -0.3 is 14.2 Å². The van der Waals surface area contributed by atoms with Gasteiger partial charge >= 0.3 is 6.61 Å². The van der Waals surface area contributed by atoms with Crippen LogP contribution in [0.2, 0.25) is 0 Å². The monoisotopic (exact) mass is 430 g/mol. The van der Waals surface area contributed by atoms with E-state index in [-0.39, 0.29) is 17.4 Å². The van der Waals surface area contributed by atoms with Gasteiger partial charge in [0.2, 0.25) is 0 Å². The standard InChI is InChI=1S/C18H20F2N2O4S2/c1-24-14-10-12(2-3-13(14)26-17(19)20)11-15-16(23)22(18(27)28-15)5-4-21-6-8-25-9-7-21/h2-3,10-11,17H,4-9H2,1H3/b15-11-. The highest BCUT2D eigenvalue weighted by molar-refractivity contribution is 8.26. The first-order valence-corrected chi connectivity index (χ1v) is 9.88. The first kappa shape index (κ1) is 21.0. The molecule has 0 aliphatic carbocycles. The predicted molar refractivity (Wildman–Crippen MR) is 107 cm³/mol. The number of rotatable bonds is 7. The fraction of sp³-hybridized carbons (Fsp3) is 0.444. The molecule has 0 N–H and O–H groups in total. The molecule has 0 bridgehead atoms. The first-order chi connectivity index (χ1) is 13.5. The van der Waals surface area contributed by atoms with Crippen molar-refractivity contribution in [3.05, 3.63) is 28.7 Å². The summed E-state index contributed by atoms with van der Waals surface area (Å²) >= 11 is 6.58. The smallest absolute Gasteiger partial charge is 0.387 e. The van der Waals surface area contributed by atoms with Gasteiger partial charge in [0.05, 0.1) is 25.2 Å². The highest BCUT2D eigenvalue weighted by atomic mass is 32.2. The van der Waals surface area contributed by atoms with Gasteiger partial charge in [0, 0.05) is 26.2 Å². The number of carbonyl (C=O) groups is 1. The van der Waals surface area contributed by atoms with Crippen LogP contribution in [-0.4, -0.2) is 73.1 Å². The highest BCUT2D eigenvalue weighted by Crippen LogP contribution is 2.35. The van der Waals surface area contributed by atoms with Crippen LogP contribution in [-0.2, 0) is 9.53 Å². The normalized spacial score (nSPS) is 19.7. The quantitative estimate of drug-likeness (QED) is 0.487. The van der Waals surface area contributed by atoms with E-state index in [4.69, 9.17) is 21.7 Å². The summed E-state index contributed by atoms with van der Waals surface area (Å²) in [6.07, 6.45) is 1.67. The number of alkyl halides is 2. The number of morpholine rings is 1. The SMILES string of the molecule is COc1cc(/C=C2\SC(=S)N(CCN3CCOCC3)C2=O)ccc1OC(F)F. The summed E-state index contributed by atoms with van der Waals surface area (Å²) < 4.78 is 40.2. The number of carbonyl (C=O) groups excluding carboxylic acids is 1. The lowest BCUT2D eigenvalue weighted by atomic mass is 10.2. The zero-order chi connectivity index (χ0) is 20.1. The van der Waals surface area contributed by atoms with Crippen molar-refractivity contribution in [3.63, 3.8) is 0 Å². The number of benzene rings is 1. The lowest BCUT2D eigenvalue weighted by molar-refractivity contribution is -0.122. The summed E-state index contributed by atoms with van der Waals surface area (Å²) in [5.41, 5.74) is 0.632. The summed E-state index contributed by atoms with van der Waals surface area (Å²) in [4.78, 5) is 17.0. The van der Waals surface area contributed by atoms with Crippen molar-refractivity contribution in [2.24, 2.45) is 0 Å². The van der Waals surface area contributed by atoms with Gasteiger partial charge in [-0.3, -0.25) is 14.6 Å². The van der Waals surface area contributed by atoms with Gasteiger partial charge in [0.1, 0.15) is 4.32 Å². The Hall–Kier alpha value is -1.75. The zero-order valence-corrected chi connectivity index (χ0v) is 16.9. The molecule has 28 heavy (non-hydrogen) atoms. The summed E-state index contributed by atoms with van der Waals surface area (Å²) in [7, 11) is 1.36. The predicted octanol–water partition coefficient (Wildman–Crippen LogP) is 2.83. The lowest BCUT2D eigenvalue weighted by Crippen LogP contribution is -2.42. The third kappa shape index (κ3) is 5.19. The molecule has 3 rings (SSSR count). The molecule has 0 spiro atoms. The van der Waals surface area contributed by atoms with Crippen LogP contribution in [0.5, 0.6) is 11.5 Å². The van der Waals surface area contributed by atoms with Crippen molar-refractivity contribution in [2.45, 2.75) is 6.61 Å². The van der Waals surface area contributed by atoms with Crippen molar-refractivity contribution in [2.75, 3.05) is 46.5 Å². The highest BCUT2D eigenvalue weighted by Gasteiger charge is 2.32. The molecule has 10 heteroatoms. The molecule has 1 amide bonds.